The van der Waals surface area contributed by atoms with Crippen LogP contribution in [0.2, 0.25) is 0 Å². The minimum absolute atomic E-state index is 0.0725. The van der Waals surface area contributed by atoms with Crippen molar-refractivity contribution in [3.63, 3.8) is 0 Å². The molecule has 244 valence electrons. The van der Waals surface area contributed by atoms with Crippen LogP contribution in [0.15, 0.2) is 36.9 Å². The molecule has 5 heterocycles. The predicted octanol–water partition coefficient (Wildman–Crippen LogP) is 6.14. The highest BCUT2D eigenvalue weighted by atomic mass is 32.1. The number of fused-ring (bicyclic) bond motifs is 3. The molecular formula is C34H33F3N6O3S. The Bertz CT molecular complexity index is 1960. The Labute approximate surface area is 273 Å². The molecule has 1 amide bonds. The van der Waals surface area contributed by atoms with E-state index >= 15 is 4.39 Å². The zero-order valence-electron chi connectivity index (χ0n) is 25.8. The fourth-order valence-corrected chi connectivity index (χ4v) is 8.58. The third kappa shape index (κ3) is 5.14. The summed E-state index contributed by atoms with van der Waals surface area (Å²) in [6.45, 7) is 7.28. The van der Waals surface area contributed by atoms with Crippen LogP contribution < -0.4 is 15.2 Å². The first kappa shape index (κ1) is 31.2. The van der Waals surface area contributed by atoms with Crippen molar-refractivity contribution in [3.8, 4) is 29.1 Å². The van der Waals surface area contributed by atoms with Gasteiger partial charge in [0.2, 0.25) is 11.8 Å². The average molecular weight is 663 g/mol. The summed E-state index contributed by atoms with van der Waals surface area (Å²) in [6, 6.07) is 7.42. The maximum Gasteiger partial charge on any atom is 0.320 e. The van der Waals surface area contributed by atoms with E-state index in [1.54, 1.807) is 11.0 Å². The van der Waals surface area contributed by atoms with Gasteiger partial charge in [-0.1, -0.05) is 25.6 Å². The Morgan fingerprint density at radius 2 is 2.06 bits per heavy atom. The molecule has 3 fully saturated rings. The molecule has 3 saturated heterocycles. The summed E-state index contributed by atoms with van der Waals surface area (Å²) in [7, 11) is 0. The molecular weight excluding hydrogens is 629 g/mol. The van der Waals surface area contributed by atoms with Gasteiger partial charge in [-0.05, 0) is 49.6 Å². The van der Waals surface area contributed by atoms with Gasteiger partial charge in [0, 0.05) is 36.9 Å². The quantitative estimate of drug-likeness (QED) is 0.224. The summed E-state index contributed by atoms with van der Waals surface area (Å²) in [5.74, 6) is -1.42. The van der Waals surface area contributed by atoms with Crippen molar-refractivity contribution in [2.24, 2.45) is 0 Å². The SMILES string of the molecule is C=CC(=O)N1CC[C@@H](Oc2nc(OC[C@@]34CCCN3C[C@H](F)C4)nc3c(F)c(-c4ccc(F)c5sc(N)c(C#N)c45)ccc23)[C@@H]1CC. The van der Waals surface area contributed by atoms with Crippen LogP contribution in [0.1, 0.15) is 44.6 Å². The number of carbonyl (C=O) groups is 1. The fraction of sp³-hybridized carbons (Fsp3) is 0.412. The largest absolute Gasteiger partial charge is 0.471 e. The van der Waals surface area contributed by atoms with E-state index in [-0.39, 0.29) is 73.1 Å². The van der Waals surface area contributed by atoms with Crippen LogP contribution >= 0.6 is 11.3 Å². The van der Waals surface area contributed by atoms with Gasteiger partial charge in [0.15, 0.2) is 5.82 Å². The van der Waals surface area contributed by atoms with Gasteiger partial charge in [0.25, 0.3) is 0 Å². The van der Waals surface area contributed by atoms with Crippen LogP contribution in [0.25, 0.3) is 32.1 Å². The first-order chi connectivity index (χ1) is 22.7. The Balaban J connectivity index is 1.33. The predicted molar refractivity (Wildman–Crippen MR) is 173 cm³/mol. The summed E-state index contributed by atoms with van der Waals surface area (Å²) in [5, 5.41) is 10.4. The molecule has 0 saturated carbocycles. The molecule has 0 unspecified atom stereocenters. The van der Waals surface area contributed by atoms with Gasteiger partial charge in [0.1, 0.15) is 41.3 Å². The summed E-state index contributed by atoms with van der Waals surface area (Å²) in [4.78, 5) is 25.4. The standard InChI is InChI=1S/C34H33F3N6O3S/c1-3-24-25(10-13-43(24)26(44)4-2)46-32-21-7-6-20(19-8-9-23(36)30-27(19)22(15-38)31(39)47-30)28(37)29(21)40-33(41-32)45-17-34-11-5-12-42(34)16-18(35)14-34/h4,6-9,18,24-25H,2-3,5,10-14,16-17,39H2,1H3/t18-,24+,25-,34+/m1/s1. The zero-order valence-corrected chi connectivity index (χ0v) is 26.6. The number of nitrogen functional groups attached to an aromatic ring is 1. The molecule has 0 radical (unpaired) electrons. The Hall–Kier alpha value is -4.41. The second-order valence-electron chi connectivity index (χ2n) is 12.4. The van der Waals surface area contributed by atoms with E-state index in [0.717, 1.165) is 30.7 Å². The van der Waals surface area contributed by atoms with E-state index < -0.39 is 29.4 Å². The number of benzene rings is 2. The van der Waals surface area contributed by atoms with E-state index in [4.69, 9.17) is 15.2 Å². The van der Waals surface area contributed by atoms with Gasteiger partial charge in [-0.25, -0.2) is 13.2 Å². The molecule has 7 rings (SSSR count). The number of carbonyl (C=O) groups excluding carboxylic acids is 1. The molecule has 0 bridgehead atoms. The minimum Gasteiger partial charge on any atom is -0.471 e. The van der Waals surface area contributed by atoms with Crippen molar-refractivity contribution in [3.05, 3.63) is 54.1 Å². The maximum absolute atomic E-state index is 16.7. The number of anilines is 1. The number of ether oxygens (including phenoxy) is 2. The van der Waals surface area contributed by atoms with Crippen molar-refractivity contribution < 1.29 is 27.4 Å². The van der Waals surface area contributed by atoms with Crippen LogP contribution in [-0.2, 0) is 4.79 Å². The first-order valence-corrected chi connectivity index (χ1v) is 16.5. The summed E-state index contributed by atoms with van der Waals surface area (Å²) < 4.78 is 58.8. The zero-order chi connectivity index (χ0) is 33.0. The van der Waals surface area contributed by atoms with E-state index in [2.05, 4.69) is 21.4 Å². The van der Waals surface area contributed by atoms with E-state index in [1.165, 1.54) is 24.3 Å². The molecule has 9 nitrogen and oxygen atoms in total. The first-order valence-electron chi connectivity index (χ1n) is 15.7. The summed E-state index contributed by atoms with van der Waals surface area (Å²) in [5.41, 5.74) is 5.90. The van der Waals surface area contributed by atoms with Crippen molar-refractivity contribution >= 4 is 43.2 Å². The second kappa shape index (κ2) is 12.0. The van der Waals surface area contributed by atoms with Crippen LogP contribution in [0, 0.1) is 23.0 Å². The number of nitriles is 1. The van der Waals surface area contributed by atoms with E-state index in [9.17, 15) is 18.8 Å². The second-order valence-corrected chi connectivity index (χ2v) is 13.5. The number of hydrogen-bond acceptors (Lipinski definition) is 9. The molecule has 0 aliphatic carbocycles. The number of hydrogen-bond donors (Lipinski definition) is 1. The van der Waals surface area contributed by atoms with Gasteiger partial charge >= 0.3 is 6.01 Å². The molecule has 47 heavy (non-hydrogen) atoms. The number of aromatic nitrogens is 2. The summed E-state index contributed by atoms with van der Waals surface area (Å²) in [6.07, 6.45) is 3.04. The number of amides is 1. The highest BCUT2D eigenvalue weighted by Crippen LogP contribution is 2.44. The van der Waals surface area contributed by atoms with Crippen molar-refractivity contribution in [1.82, 2.24) is 19.8 Å². The minimum atomic E-state index is -0.957. The van der Waals surface area contributed by atoms with Crippen LogP contribution in [-0.4, -0.2) is 75.8 Å². The molecule has 3 aliphatic rings. The topological polar surface area (TPSA) is 118 Å². The van der Waals surface area contributed by atoms with Crippen molar-refractivity contribution in [2.75, 3.05) is 32.0 Å². The molecule has 0 spiro atoms. The van der Waals surface area contributed by atoms with Crippen molar-refractivity contribution in [1.29, 1.82) is 5.26 Å². The smallest absolute Gasteiger partial charge is 0.320 e. The van der Waals surface area contributed by atoms with Gasteiger partial charge in [0.05, 0.1) is 27.2 Å². The molecule has 4 atom stereocenters. The Morgan fingerprint density at radius 3 is 2.83 bits per heavy atom. The number of thiophene rings is 1. The fourth-order valence-electron chi connectivity index (χ4n) is 7.63. The monoisotopic (exact) mass is 662 g/mol. The molecule has 3 aliphatic heterocycles. The normalized spacial score (nSPS) is 24.1. The number of alkyl halides is 1. The molecule has 2 N–H and O–H groups in total. The Morgan fingerprint density at radius 1 is 1.26 bits per heavy atom. The lowest BCUT2D eigenvalue weighted by atomic mass is 9.95. The van der Waals surface area contributed by atoms with E-state index in [1.807, 2.05) is 13.0 Å². The number of halogens is 3. The number of nitrogens with two attached hydrogens (primary N) is 1. The molecule has 13 heteroatoms. The lowest BCUT2D eigenvalue weighted by Crippen LogP contribution is -2.43. The average Bonchev–Trinajstić information content (AvgIpc) is 3.81. The maximum atomic E-state index is 16.7. The molecule has 2 aromatic carbocycles. The van der Waals surface area contributed by atoms with Crippen LogP contribution in [0.5, 0.6) is 11.9 Å². The Kier molecular flexibility index (Phi) is 7.96. The van der Waals surface area contributed by atoms with Gasteiger partial charge < -0.3 is 20.1 Å². The lowest BCUT2D eigenvalue weighted by Gasteiger charge is -2.31. The highest BCUT2D eigenvalue weighted by molar-refractivity contribution is 7.23. The van der Waals surface area contributed by atoms with E-state index in [0.29, 0.717) is 32.4 Å². The third-order valence-corrected chi connectivity index (χ3v) is 10.9. The van der Waals surface area contributed by atoms with Crippen LogP contribution in [0.4, 0.5) is 18.2 Å². The summed E-state index contributed by atoms with van der Waals surface area (Å²) >= 11 is 0.930. The molecule has 2 aromatic heterocycles. The highest BCUT2D eigenvalue weighted by Gasteiger charge is 2.49. The molecule has 4 aromatic rings. The van der Waals surface area contributed by atoms with Gasteiger partial charge in [-0.3, -0.25) is 9.69 Å². The van der Waals surface area contributed by atoms with Crippen LogP contribution in [0.3, 0.4) is 0 Å². The van der Waals surface area contributed by atoms with Crippen molar-refractivity contribution in [2.45, 2.75) is 62.9 Å². The number of nitrogens with zero attached hydrogens (tertiary/aromatic N) is 5. The van der Waals surface area contributed by atoms with Gasteiger partial charge in [-0.2, -0.15) is 15.2 Å². The number of likely N-dealkylation sites (tertiary alicyclic amines) is 1. The third-order valence-electron chi connectivity index (χ3n) is 9.83. The lowest BCUT2D eigenvalue weighted by molar-refractivity contribution is -0.127. The number of rotatable bonds is 8. The van der Waals surface area contributed by atoms with Gasteiger partial charge in [-0.15, -0.1) is 11.3 Å².